The average Bonchev–Trinajstić information content (AvgIpc) is 2.75. The minimum Gasteiger partial charge on any atom is -0.476 e. The van der Waals surface area contributed by atoms with Gasteiger partial charge in [-0.2, -0.15) is 10.1 Å². The second kappa shape index (κ2) is 7.08. The lowest BCUT2D eigenvalue weighted by Crippen LogP contribution is -2.16. The zero-order valence-corrected chi connectivity index (χ0v) is 14.0. The number of nitrogens with one attached hydrogen (secondary N) is 1. The van der Waals surface area contributed by atoms with Gasteiger partial charge in [0.2, 0.25) is 5.88 Å². The van der Waals surface area contributed by atoms with E-state index in [2.05, 4.69) is 20.4 Å². The summed E-state index contributed by atoms with van der Waals surface area (Å²) < 4.78 is 12.4. The summed E-state index contributed by atoms with van der Waals surface area (Å²) in [6.07, 6.45) is 1.47. The first-order chi connectivity index (χ1) is 11.0. The molecule has 0 atom stereocenters. The van der Waals surface area contributed by atoms with E-state index in [-0.39, 0.29) is 17.8 Å². The van der Waals surface area contributed by atoms with Gasteiger partial charge in [-0.25, -0.2) is 4.98 Å². The first kappa shape index (κ1) is 16.7. The molecule has 0 bridgehead atoms. The van der Waals surface area contributed by atoms with Crippen molar-refractivity contribution < 1.29 is 14.3 Å². The number of carbonyl (C=O) groups excluding carboxylic acids is 1. The molecule has 8 heteroatoms. The van der Waals surface area contributed by atoms with E-state index in [9.17, 15) is 4.79 Å². The van der Waals surface area contributed by atoms with Gasteiger partial charge < -0.3 is 14.8 Å². The smallest absolute Gasteiger partial charge is 0.319 e. The quantitative estimate of drug-likeness (QED) is 0.874. The second-order valence-electron chi connectivity index (χ2n) is 4.86. The molecule has 2 aromatic rings. The fourth-order valence-electron chi connectivity index (χ4n) is 2.17. The van der Waals surface area contributed by atoms with Crippen molar-refractivity contribution in [1.29, 1.82) is 0 Å². The summed E-state index contributed by atoms with van der Waals surface area (Å²) in [5.74, 6) is 0.000286. The Labute approximate surface area is 134 Å². The third-order valence-corrected chi connectivity index (χ3v) is 3.27. The molecule has 2 aromatic heterocycles. The number of carbonyl (C=O) groups is 1. The lowest BCUT2D eigenvalue weighted by Gasteiger charge is -2.11. The fraction of sp³-hybridized carbons (Fsp3) is 0.467. The number of hydrogen-bond donors (Lipinski definition) is 1. The molecule has 0 spiro atoms. The Morgan fingerprint density at radius 2 is 1.96 bits per heavy atom. The van der Waals surface area contributed by atoms with Gasteiger partial charge in [-0.15, -0.1) is 0 Å². The number of nitrogens with zero attached hydrogens (tertiary/aromatic N) is 4. The molecular formula is C15H21N5O3. The van der Waals surface area contributed by atoms with Crippen LogP contribution in [-0.4, -0.2) is 38.9 Å². The summed E-state index contributed by atoms with van der Waals surface area (Å²) in [7, 11) is 1.80. The van der Waals surface area contributed by atoms with E-state index in [1.807, 2.05) is 20.8 Å². The maximum absolute atomic E-state index is 12.5. The molecule has 0 fully saturated rings. The number of aryl methyl sites for hydroxylation is 2. The number of hydrogen-bond acceptors (Lipinski definition) is 6. The van der Waals surface area contributed by atoms with Crippen molar-refractivity contribution in [2.24, 2.45) is 7.05 Å². The summed E-state index contributed by atoms with van der Waals surface area (Å²) in [6, 6.07) is 0.211. The molecule has 23 heavy (non-hydrogen) atoms. The predicted molar refractivity (Wildman–Crippen MR) is 85.0 cm³/mol. The van der Waals surface area contributed by atoms with Crippen molar-refractivity contribution in [2.75, 3.05) is 18.5 Å². The molecule has 2 heterocycles. The van der Waals surface area contributed by atoms with E-state index in [1.54, 1.807) is 18.7 Å². The Balaban J connectivity index is 2.29. The summed E-state index contributed by atoms with van der Waals surface area (Å²) >= 11 is 0. The number of ether oxygens (including phenoxy) is 2. The van der Waals surface area contributed by atoms with E-state index in [4.69, 9.17) is 9.47 Å². The first-order valence-electron chi connectivity index (χ1n) is 7.42. The minimum atomic E-state index is -0.276. The molecule has 0 aliphatic heterocycles. The normalized spacial score (nSPS) is 10.5. The second-order valence-corrected chi connectivity index (χ2v) is 4.86. The van der Waals surface area contributed by atoms with Gasteiger partial charge in [0.1, 0.15) is 5.69 Å². The molecule has 1 amide bonds. The lowest BCUT2D eigenvalue weighted by atomic mass is 10.2. The first-order valence-corrected chi connectivity index (χ1v) is 7.42. The predicted octanol–water partition coefficient (Wildman–Crippen LogP) is 1.88. The summed E-state index contributed by atoms with van der Waals surface area (Å²) in [4.78, 5) is 20.7. The van der Waals surface area contributed by atoms with Crippen LogP contribution < -0.4 is 14.8 Å². The molecule has 0 radical (unpaired) electrons. The highest BCUT2D eigenvalue weighted by molar-refractivity contribution is 6.06. The lowest BCUT2D eigenvalue weighted by molar-refractivity contribution is 0.102. The van der Waals surface area contributed by atoms with Crippen LogP contribution in [0.3, 0.4) is 0 Å². The van der Waals surface area contributed by atoms with Crippen molar-refractivity contribution in [3.8, 4) is 11.9 Å². The molecule has 0 unspecified atom stereocenters. The molecule has 8 nitrogen and oxygen atoms in total. The zero-order valence-electron chi connectivity index (χ0n) is 14.0. The van der Waals surface area contributed by atoms with Crippen LogP contribution in [0.15, 0.2) is 6.20 Å². The third kappa shape index (κ3) is 3.58. The minimum absolute atomic E-state index is 0.211. The van der Waals surface area contributed by atoms with Gasteiger partial charge in [0.05, 0.1) is 30.7 Å². The molecule has 0 aliphatic rings. The van der Waals surface area contributed by atoms with Gasteiger partial charge in [-0.1, -0.05) is 0 Å². The van der Waals surface area contributed by atoms with Crippen LogP contribution in [0, 0.1) is 13.8 Å². The third-order valence-electron chi connectivity index (χ3n) is 3.27. The van der Waals surface area contributed by atoms with Gasteiger partial charge in [0.15, 0.2) is 0 Å². The van der Waals surface area contributed by atoms with Crippen molar-refractivity contribution in [1.82, 2.24) is 19.7 Å². The van der Waals surface area contributed by atoms with Gasteiger partial charge in [0, 0.05) is 12.7 Å². The van der Waals surface area contributed by atoms with E-state index in [0.29, 0.717) is 30.2 Å². The maximum Gasteiger partial charge on any atom is 0.319 e. The number of anilines is 1. The summed E-state index contributed by atoms with van der Waals surface area (Å²) in [5, 5.41) is 7.02. The topological polar surface area (TPSA) is 91.2 Å². The standard InChI is InChI=1S/C15H21N5O3/c1-6-22-14-11(8-16-15(18-14)23-7-2)17-13(21)12-9(3)19-20(5)10(12)4/h8H,6-7H2,1-5H3,(H,17,21). The van der Waals surface area contributed by atoms with Crippen LogP contribution in [-0.2, 0) is 7.05 Å². The van der Waals surface area contributed by atoms with Crippen molar-refractivity contribution in [3.63, 3.8) is 0 Å². The zero-order chi connectivity index (χ0) is 17.0. The number of rotatable bonds is 6. The summed E-state index contributed by atoms with van der Waals surface area (Å²) in [6.45, 7) is 8.17. The van der Waals surface area contributed by atoms with Crippen LogP contribution >= 0.6 is 0 Å². The van der Waals surface area contributed by atoms with Gasteiger partial charge >= 0.3 is 6.01 Å². The Hall–Kier alpha value is -2.64. The Morgan fingerprint density at radius 3 is 2.52 bits per heavy atom. The Morgan fingerprint density at radius 1 is 1.26 bits per heavy atom. The molecule has 0 aromatic carbocycles. The number of amides is 1. The van der Waals surface area contributed by atoms with Crippen molar-refractivity contribution in [3.05, 3.63) is 23.1 Å². The van der Waals surface area contributed by atoms with Gasteiger partial charge in [0.25, 0.3) is 5.91 Å². The number of aromatic nitrogens is 4. The maximum atomic E-state index is 12.5. The average molecular weight is 319 g/mol. The highest BCUT2D eigenvalue weighted by atomic mass is 16.5. The fourth-order valence-corrected chi connectivity index (χ4v) is 2.17. The van der Waals surface area contributed by atoms with Crippen molar-refractivity contribution in [2.45, 2.75) is 27.7 Å². The highest BCUT2D eigenvalue weighted by Crippen LogP contribution is 2.24. The highest BCUT2D eigenvalue weighted by Gasteiger charge is 2.20. The van der Waals surface area contributed by atoms with Crippen molar-refractivity contribution >= 4 is 11.6 Å². The SMILES string of the molecule is CCOc1ncc(NC(=O)c2c(C)nn(C)c2C)c(OCC)n1. The van der Waals surface area contributed by atoms with Crippen LogP contribution in [0.4, 0.5) is 5.69 Å². The van der Waals surface area contributed by atoms with Gasteiger partial charge in [-0.05, 0) is 27.7 Å². The van der Waals surface area contributed by atoms with Crippen LogP contribution in [0.25, 0.3) is 0 Å². The molecule has 1 N–H and O–H groups in total. The molecule has 124 valence electrons. The molecule has 0 saturated heterocycles. The Kier molecular flexibility index (Phi) is 5.15. The molecule has 0 saturated carbocycles. The van der Waals surface area contributed by atoms with Crippen LogP contribution in [0.2, 0.25) is 0 Å². The van der Waals surface area contributed by atoms with Gasteiger partial charge in [-0.3, -0.25) is 9.48 Å². The Bertz CT molecular complexity index is 711. The van der Waals surface area contributed by atoms with E-state index < -0.39 is 0 Å². The summed E-state index contributed by atoms with van der Waals surface area (Å²) in [5.41, 5.74) is 2.36. The van der Waals surface area contributed by atoms with E-state index in [0.717, 1.165) is 5.69 Å². The molecule has 2 rings (SSSR count). The van der Waals surface area contributed by atoms with E-state index >= 15 is 0 Å². The van der Waals surface area contributed by atoms with Crippen LogP contribution in [0.1, 0.15) is 35.6 Å². The molecular weight excluding hydrogens is 298 g/mol. The monoisotopic (exact) mass is 319 g/mol. The molecule has 0 aliphatic carbocycles. The van der Waals surface area contributed by atoms with Crippen LogP contribution in [0.5, 0.6) is 11.9 Å². The van der Waals surface area contributed by atoms with E-state index in [1.165, 1.54) is 6.20 Å². The largest absolute Gasteiger partial charge is 0.476 e.